The Hall–Kier alpha value is -3.68. The predicted molar refractivity (Wildman–Crippen MR) is 144 cm³/mol. The molecule has 0 fully saturated rings. The Balaban J connectivity index is 1.66. The number of hydrogen-bond donors (Lipinski definition) is 0. The summed E-state index contributed by atoms with van der Waals surface area (Å²) in [6, 6.07) is 22.5. The lowest BCUT2D eigenvalue weighted by molar-refractivity contribution is -0.161. The van der Waals surface area contributed by atoms with Crippen LogP contribution >= 0.6 is 0 Å². The molecule has 7 heteroatoms. The molecule has 200 valence electrons. The lowest BCUT2D eigenvalue weighted by Crippen LogP contribution is -2.51. The molecule has 3 aromatic rings. The molecule has 1 heterocycles. The molecule has 1 amide bonds. The van der Waals surface area contributed by atoms with Gasteiger partial charge in [0.05, 0.1) is 19.8 Å². The number of fused-ring (bicyclic) bond motifs is 1. The molecule has 0 saturated carbocycles. The molecular weight excluding hydrogens is 482 g/mol. The van der Waals surface area contributed by atoms with Crippen molar-refractivity contribution in [1.29, 1.82) is 0 Å². The number of carbonyl (C=O) groups is 2. The first kappa shape index (κ1) is 27.4. The minimum absolute atomic E-state index is 0.224. The highest BCUT2D eigenvalue weighted by Gasteiger charge is 2.40. The Bertz CT molecular complexity index is 1210. The Morgan fingerprint density at radius 3 is 2.37 bits per heavy atom. The van der Waals surface area contributed by atoms with Crippen LogP contribution in [0.5, 0.6) is 5.75 Å². The van der Waals surface area contributed by atoms with Crippen LogP contribution in [0.4, 0.5) is 0 Å². The number of hydrogen-bond acceptors (Lipinski definition) is 6. The summed E-state index contributed by atoms with van der Waals surface area (Å²) in [6.45, 7) is 5.23. The van der Waals surface area contributed by atoms with Crippen LogP contribution in [0.2, 0.25) is 0 Å². The number of benzene rings is 3. The topological polar surface area (TPSA) is 74.3 Å². The number of aryl methyl sites for hydroxylation is 1. The van der Waals surface area contributed by atoms with Crippen LogP contribution in [0.25, 0.3) is 0 Å². The zero-order valence-corrected chi connectivity index (χ0v) is 22.2. The Morgan fingerprint density at radius 1 is 0.974 bits per heavy atom. The van der Waals surface area contributed by atoms with E-state index in [2.05, 4.69) is 0 Å². The molecule has 0 aliphatic carbocycles. The molecule has 0 bridgehead atoms. The first-order chi connectivity index (χ1) is 18.5. The number of nitrogens with zero attached hydrogens (tertiary/aromatic N) is 1. The average molecular weight is 518 g/mol. The van der Waals surface area contributed by atoms with Crippen molar-refractivity contribution in [3.63, 3.8) is 0 Å². The summed E-state index contributed by atoms with van der Waals surface area (Å²) in [7, 11) is 1.58. The number of methoxy groups -OCH3 is 1. The fourth-order valence-electron chi connectivity index (χ4n) is 4.70. The summed E-state index contributed by atoms with van der Waals surface area (Å²) in [5, 5.41) is 0. The third-order valence-electron chi connectivity index (χ3n) is 6.64. The van der Waals surface area contributed by atoms with Crippen molar-refractivity contribution in [2.45, 2.75) is 45.6 Å². The van der Waals surface area contributed by atoms with Gasteiger partial charge in [-0.3, -0.25) is 4.79 Å². The van der Waals surface area contributed by atoms with Crippen molar-refractivity contribution < 1.29 is 28.5 Å². The summed E-state index contributed by atoms with van der Waals surface area (Å²) < 4.78 is 22.8. The average Bonchev–Trinajstić information content (AvgIpc) is 2.95. The van der Waals surface area contributed by atoms with Crippen LogP contribution in [0.15, 0.2) is 72.8 Å². The van der Waals surface area contributed by atoms with Gasteiger partial charge >= 0.3 is 5.97 Å². The van der Waals surface area contributed by atoms with Crippen LogP contribution in [0.3, 0.4) is 0 Å². The zero-order valence-electron chi connectivity index (χ0n) is 22.2. The van der Waals surface area contributed by atoms with E-state index in [4.69, 9.17) is 18.9 Å². The van der Waals surface area contributed by atoms with E-state index in [1.165, 1.54) is 0 Å². The van der Waals surface area contributed by atoms with Crippen molar-refractivity contribution in [2.75, 3.05) is 26.9 Å². The van der Waals surface area contributed by atoms with Crippen LogP contribution in [-0.4, -0.2) is 49.7 Å². The molecule has 2 atom stereocenters. The molecule has 7 nitrogen and oxygen atoms in total. The maximum atomic E-state index is 14.0. The molecule has 0 saturated heterocycles. The van der Waals surface area contributed by atoms with Gasteiger partial charge in [-0.05, 0) is 36.1 Å². The van der Waals surface area contributed by atoms with E-state index in [-0.39, 0.29) is 25.7 Å². The van der Waals surface area contributed by atoms with Crippen molar-refractivity contribution in [1.82, 2.24) is 4.90 Å². The highest BCUT2D eigenvalue weighted by molar-refractivity contribution is 5.88. The highest BCUT2D eigenvalue weighted by Crippen LogP contribution is 2.36. The smallest absolute Gasteiger partial charge is 0.329 e. The normalized spacial score (nSPS) is 15.4. The van der Waals surface area contributed by atoms with Gasteiger partial charge in [-0.15, -0.1) is 0 Å². The summed E-state index contributed by atoms with van der Waals surface area (Å²) in [4.78, 5) is 28.8. The van der Waals surface area contributed by atoms with E-state index in [9.17, 15) is 9.59 Å². The fourth-order valence-corrected chi connectivity index (χ4v) is 4.70. The first-order valence-electron chi connectivity index (χ1n) is 12.9. The monoisotopic (exact) mass is 517 g/mol. The van der Waals surface area contributed by atoms with Crippen LogP contribution < -0.4 is 4.74 Å². The van der Waals surface area contributed by atoms with Gasteiger partial charge in [-0.2, -0.15) is 0 Å². The van der Waals surface area contributed by atoms with Gasteiger partial charge in [0, 0.05) is 25.6 Å². The largest absolute Gasteiger partial charge is 0.488 e. The Morgan fingerprint density at radius 2 is 1.68 bits per heavy atom. The molecule has 1 aliphatic heterocycles. The van der Waals surface area contributed by atoms with E-state index >= 15 is 0 Å². The molecule has 0 spiro atoms. The van der Waals surface area contributed by atoms with E-state index in [0.29, 0.717) is 19.6 Å². The van der Waals surface area contributed by atoms with Gasteiger partial charge < -0.3 is 23.8 Å². The molecule has 0 N–H and O–H groups in total. The maximum Gasteiger partial charge on any atom is 0.329 e. The quantitative estimate of drug-likeness (QED) is 0.269. The van der Waals surface area contributed by atoms with E-state index in [0.717, 1.165) is 33.6 Å². The third-order valence-corrected chi connectivity index (χ3v) is 6.64. The first-order valence-corrected chi connectivity index (χ1v) is 12.9. The number of ether oxygens (including phenoxy) is 4. The molecule has 4 rings (SSSR count). The molecule has 1 unspecified atom stereocenters. The molecule has 1 aliphatic rings. The summed E-state index contributed by atoms with van der Waals surface area (Å²) in [6.07, 6.45) is -0.574. The second kappa shape index (κ2) is 13.2. The van der Waals surface area contributed by atoms with Gasteiger partial charge in [0.15, 0.2) is 6.10 Å². The second-order valence-electron chi connectivity index (χ2n) is 9.22. The summed E-state index contributed by atoms with van der Waals surface area (Å²) >= 11 is 0. The minimum atomic E-state index is -0.871. The van der Waals surface area contributed by atoms with Gasteiger partial charge in [-0.25, -0.2) is 4.79 Å². The van der Waals surface area contributed by atoms with E-state index < -0.39 is 18.1 Å². The molecular formula is C31H35NO6. The van der Waals surface area contributed by atoms with Crippen molar-refractivity contribution in [2.24, 2.45) is 0 Å². The lowest BCUT2D eigenvalue weighted by Gasteiger charge is -2.38. The van der Waals surface area contributed by atoms with E-state index in [1.807, 2.05) is 79.7 Å². The fraction of sp³-hybridized carbons (Fsp3) is 0.355. The van der Waals surface area contributed by atoms with Crippen molar-refractivity contribution in [3.8, 4) is 5.75 Å². The molecule has 38 heavy (non-hydrogen) atoms. The summed E-state index contributed by atoms with van der Waals surface area (Å²) in [5.74, 6) is 0.0257. The molecule has 0 aromatic heterocycles. The molecule has 0 radical (unpaired) electrons. The van der Waals surface area contributed by atoms with E-state index in [1.54, 1.807) is 18.9 Å². The Labute approximate surface area is 224 Å². The van der Waals surface area contributed by atoms with Crippen LogP contribution in [0, 0.1) is 6.92 Å². The predicted octanol–water partition coefficient (Wildman–Crippen LogP) is 4.79. The second-order valence-corrected chi connectivity index (χ2v) is 9.22. The SMILES string of the molecule is CCOC(=O)[C@@H]1Cc2c(ccc(C)c2OCc2ccccc2)CN1C(=O)C(OCCOC)c1ccccc1. The van der Waals surface area contributed by atoms with Crippen molar-refractivity contribution >= 4 is 11.9 Å². The van der Waals surface area contributed by atoms with Crippen LogP contribution in [-0.2, 0) is 43.4 Å². The summed E-state index contributed by atoms with van der Waals surface area (Å²) in [5.41, 5.74) is 4.62. The molecule has 3 aromatic carbocycles. The number of esters is 1. The highest BCUT2D eigenvalue weighted by atomic mass is 16.5. The minimum Gasteiger partial charge on any atom is -0.488 e. The third kappa shape index (κ3) is 6.41. The van der Waals surface area contributed by atoms with Gasteiger partial charge in [0.1, 0.15) is 18.4 Å². The number of carbonyl (C=O) groups excluding carboxylic acids is 2. The Kier molecular flexibility index (Phi) is 9.51. The number of amides is 1. The maximum absolute atomic E-state index is 14.0. The van der Waals surface area contributed by atoms with Crippen LogP contribution in [0.1, 0.15) is 40.8 Å². The lowest BCUT2D eigenvalue weighted by atomic mass is 9.90. The van der Waals surface area contributed by atoms with Gasteiger partial charge in [0.25, 0.3) is 5.91 Å². The zero-order chi connectivity index (χ0) is 26.9. The standard InChI is InChI=1S/C31H35NO6/c1-4-36-31(34)27-19-26-25(16-15-22(2)28(26)38-21-23-11-7-5-8-12-23)20-32(27)30(33)29(37-18-17-35-3)24-13-9-6-10-14-24/h5-16,27,29H,4,17-21H2,1-3H3/t27-,29?/m0/s1. The number of rotatable bonds is 11. The van der Waals surface area contributed by atoms with Gasteiger partial charge in [-0.1, -0.05) is 72.8 Å². The van der Waals surface area contributed by atoms with Gasteiger partial charge in [0.2, 0.25) is 0 Å². The van der Waals surface area contributed by atoms with Crippen molar-refractivity contribution in [3.05, 3.63) is 101 Å².